The van der Waals surface area contributed by atoms with E-state index in [2.05, 4.69) is 5.32 Å². The van der Waals surface area contributed by atoms with Crippen LogP contribution in [0.5, 0.6) is 0 Å². The lowest BCUT2D eigenvalue weighted by atomic mass is 10.0. The number of rotatable bonds is 7. The van der Waals surface area contributed by atoms with Crippen LogP contribution in [-0.2, 0) is 9.59 Å². The van der Waals surface area contributed by atoms with Crippen molar-refractivity contribution in [1.29, 1.82) is 0 Å². The highest BCUT2D eigenvalue weighted by molar-refractivity contribution is 6.02. The maximum Gasteiger partial charge on any atom is 0.322 e. The molecule has 2 amide bonds. The summed E-state index contributed by atoms with van der Waals surface area (Å²) in [6.45, 7) is 2.75. The number of benzene rings is 1. The van der Waals surface area contributed by atoms with E-state index in [1.54, 1.807) is 41.1 Å². The number of nitrogens with zero attached hydrogens (tertiary/aromatic N) is 2. The number of hydrogen-bond donors (Lipinski definition) is 2. The topological polar surface area (TPSA) is 90.0 Å². The molecule has 1 aromatic carbocycles. The van der Waals surface area contributed by atoms with Crippen LogP contribution >= 0.6 is 0 Å². The zero-order chi connectivity index (χ0) is 18.4. The number of carbonyl (C=O) groups excluding carboxylic acids is 2. The second-order valence-corrected chi connectivity index (χ2v) is 6.21. The van der Waals surface area contributed by atoms with Gasteiger partial charge in [-0.2, -0.15) is 0 Å². The van der Waals surface area contributed by atoms with Gasteiger partial charge in [0, 0.05) is 25.8 Å². The van der Waals surface area contributed by atoms with Crippen molar-refractivity contribution in [1.82, 2.24) is 9.80 Å². The van der Waals surface area contributed by atoms with Crippen molar-refractivity contribution in [2.45, 2.75) is 32.2 Å². The molecule has 1 heterocycles. The molecular formula is C18H25N3O4. The number of carboxylic acid groups (broad SMARTS) is 1. The molecule has 25 heavy (non-hydrogen) atoms. The molecular weight excluding hydrogens is 322 g/mol. The fourth-order valence-electron chi connectivity index (χ4n) is 2.98. The molecule has 0 aromatic heterocycles. The maximum atomic E-state index is 13.1. The molecule has 1 atom stereocenters. The van der Waals surface area contributed by atoms with E-state index in [1.807, 2.05) is 6.92 Å². The second-order valence-electron chi connectivity index (χ2n) is 6.21. The highest BCUT2D eigenvalue weighted by Crippen LogP contribution is 2.23. The molecule has 0 bridgehead atoms. The van der Waals surface area contributed by atoms with E-state index in [4.69, 9.17) is 5.11 Å². The third kappa shape index (κ3) is 4.49. The van der Waals surface area contributed by atoms with Crippen LogP contribution in [0.15, 0.2) is 24.3 Å². The van der Waals surface area contributed by atoms with Crippen LogP contribution in [0.3, 0.4) is 0 Å². The molecule has 7 nitrogen and oxygen atoms in total. The SMILES string of the molecule is CCCC[C@H]1C(=O)N(C)CCN1C(=O)c1ccccc1NCC(=O)O. The largest absolute Gasteiger partial charge is 0.480 e. The summed E-state index contributed by atoms with van der Waals surface area (Å²) in [5.74, 6) is -1.28. The van der Waals surface area contributed by atoms with Gasteiger partial charge in [0.05, 0.1) is 5.56 Å². The van der Waals surface area contributed by atoms with E-state index in [9.17, 15) is 14.4 Å². The Morgan fingerprint density at radius 2 is 2.00 bits per heavy atom. The first kappa shape index (κ1) is 18.8. The van der Waals surface area contributed by atoms with Crippen LogP contribution in [0, 0.1) is 0 Å². The summed E-state index contributed by atoms with van der Waals surface area (Å²) in [6.07, 6.45) is 2.45. The smallest absolute Gasteiger partial charge is 0.322 e. The van der Waals surface area contributed by atoms with Gasteiger partial charge in [-0.25, -0.2) is 0 Å². The lowest BCUT2D eigenvalue weighted by molar-refractivity contribution is -0.139. The minimum absolute atomic E-state index is 0.0379. The lowest BCUT2D eigenvalue weighted by Crippen LogP contribution is -2.57. The minimum Gasteiger partial charge on any atom is -0.480 e. The normalized spacial score (nSPS) is 17.5. The monoisotopic (exact) mass is 347 g/mol. The zero-order valence-corrected chi connectivity index (χ0v) is 14.7. The quantitative estimate of drug-likeness (QED) is 0.783. The van der Waals surface area contributed by atoms with Gasteiger partial charge in [0.25, 0.3) is 5.91 Å². The van der Waals surface area contributed by atoms with Gasteiger partial charge >= 0.3 is 5.97 Å². The van der Waals surface area contributed by atoms with Gasteiger partial charge in [-0.3, -0.25) is 14.4 Å². The Labute approximate surface area is 147 Å². The first-order valence-corrected chi connectivity index (χ1v) is 8.56. The summed E-state index contributed by atoms with van der Waals surface area (Å²) < 4.78 is 0. The van der Waals surface area contributed by atoms with Crippen molar-refractivity contribution in [3.63, 3.8) is 0 Å². The van der Waals surface area contributed by atoms with Crippen LogP contribution < -0.4 is 5.32 Å². The van der Waals surface area contributed by atoms with E-state index in [1.165, 1.54) is 0 Å². The Morgan fingerprint density at radius 1 is 1.28 bits per heavy atom. The van der Waals surface area contributed by atoms with E-state index >= 15 is 0 Å². The molecule has 1 aliphatic rings. The maximum absolute atomic E-state index is 13.1. The fourth-order valence-corrected chi connectivity index (χ4v) is 2.98. The number of unbranched alkanes of at least 4 members (excludes halogenated alkanes) is 1. The van der Waals surface area contributed by atoms with Crippen LogP contribution in [-0.4, -0.2) is 65.4 Å². The molecule has 7 heteroatoms. The van der Waals surface area contributed by atoms with Gasteiger partial charge < -0.3 is 20.2 Å². The number of carboxylic acids is 1. The number of piperazine rings is 1. The van der Waals surface area contributed by atoms with E-state index in [0.29, 0.717) is 30.8 Å². The molecule has 0 aliphatic carbocycles. The number of anilines is 1. The van der Waals surface area contributed by atoms with Gasteiger partial charge in [0.2, 0.25) is 5.91 Å². The van der Waals surface area contributed by atoms with Crippen molar-refractivity contribution in [3.8, 4) is 0 Å². The molecule has 0 unspecified atom stereocenters. The third-order valence-corrected chi connectivity index (χ3v) is 4.39. The van der Waals surface area contributed by atoms with Crippen molar-refractivity contribution < 1.29 is 19.5 Å². The molecule has 0 radical (unpaired) electrons. The molecule has 1 fully saturated rings. The number of likely N-dealkylation sites (N-methyl/N-ethyl adjacent to an activating group) is 1. The van der Waals surface area contributed by atoms with Crippen LogP contribution in [0.4, 0.5) is 5.69 Å². The average molecular weight is 347 g/mol. The highest BCUT2D eigenvalue weighted by Gasteiger charge is 2.36. The third-order valence-electron chi connectivity index (χ3n) is 4.39. The molecule has 0 saturated carbocycles. The van der Waals surface area contributed by atoms with Crippen molar-refractivity contribution in [3.05, 3.63) is 29.8 Å². The summed E-state index contributed by atoms with van der Waals surface area (Å²) in [5.41, 5.74) is 0.859. The van der Waals surface area contributed by atoms with Gasteiger partial charge in [-0.1, -0.05) is 31.9 Å². The Hall–Kier alpha value is -2.57. The Kier molecular flexibility index (Phi) is 6.38. The van der Waals surface area contributed by atoms with Gasteiger partial charge in [0.15, 0.2) is 0 Å². The van der Waals surface area contributed by atoms with Gasteiger partial charge in [-0.15, -0.1) is 0 Å². The number of para-hydroxylation sites is 1. The summed E-state index contributed by atoms with van der Waals surface area (Å²) in [4.78, 5) is 39.7. The highest BCUT2D eigenvalue weighted by atomic mass is 16.4. The molecule has 0 spiro atoms. The standard InChI is InChI=1S/C18H25N3O4/c1-3-4-9-15-18(25)20(2)10-11-21(15)17(24)13-7-5-6-8-14(13)19-12-16(22)23/h5-8,15,19H,3-4,9-12H2,1-2H3,(H,22,23)/t15-/m0/s1. The van der Waals surface area contributed by atoms with Crippen LogP contribution in [0.25, 0.3) is 0 Å². The molecule has 136 valence electrons. The number of aliphatic carboxylic acids is 1. The van der Waals surface area contributed by atoms with Crippen molar-refractivity contribution in [2.75, 3.05) is 32.0 Å². The van der Waals surface area contributed by atoms with Crippen molar-refractivity contribution >= 4 is 23.5 Å². The predicted octanol–water partition coefficient (Wildman–Crippen LogP) is 1.66. The zero-order valence-electron chi connectivity index (χ0n) is 14.7. The first-order valence-electron chi connectivity index (χ1n) is 8.56. The van der Waals surface area contributed by atoms with Gasteiger partial charge in [-0.05, 0) is 18.6 Å². The number of amides is 2. The van der Waals surface area contributed by atoms with Gasteiger partial charge in [0.1, 0.15) is 12.6 Å². The first-order chi connectivity index (χ1) is 12.0. The Balaban J connectivity index is 2.25. The molecule has 1 aliphatic heterocycles. The number of hydrogen-bond acceptors (Lipinski definition) is 4. The molecule has 1 saturated heterocycles. The van der Waals surface area contributed by atoms with E-state index < -0.39 is 12.0 Å². The fraction of sp³-hybridized carbons (Fsp3) is 0.500. The summed E-state index contributed by atoms with van der Waals surface area (Å²) in [6, 6.07) is 6.35. The van der Waals surface area contributed by atoms with Crippen LogP contribution in [0.1, 0.15) is 36.5 Å². The Morgan fingerprint density at radius 3 is 2.68 bits per heavy atom. The lowest BCUT2D eigenvalue weighted by Gasteiger charge is -2.39. The minimum atomic E-state index is -1.00. The van der Waals surface area contributed by atoms with Crippen molar-refractivity contribution in [2.24, 2.45) is 0 Å². The predicted molar refractivity (Wildman–Crippen MR) is 94.6 cm³/mol. The van der Waals surface area contributed by atoms with Crippen LogP contribution in [0.2, 0.25) is 0 Å². The molecule has 1 aromatic rings. The second kappa shape index (κ2) is 8.50. The number of nitrogens with one attached hydrogen (secondary N) is 1. The number of carbonyl (C=O) groups is 3. The molecule has 2 N–H and O–H groups in total. The Bertz CT molecular complexity index is 647. The summed E-state index contributed by atoms with van der Waals surface area (Å²) in [7, 11) is 1.76. The summed E-state index contributed by atoms with van der Waals surface area (Å²) >= 11 is 0. The summed E-state index contributed by atoms with van der Waals surface area (Å²) in [5, 5.41) is 11.6. The average Bonchev–Trinajstić information content (AvgIpc) is 2.60. The van der Waals surface area contributed by atoms with E-state index in [0.717, 1.165) is 12.8 Å². The van der Waals surface area contributed by atoms with E-state index in [-0.39, 0.29) is 18.4 Å². The molecule has 2 rings (SSSR count).